The highest BCUT2D eigenvalue weighted by molar-refractivity contribution is 9.10. The van der Waals surface area contributed by atoms with Gasteiger partial charge in [0.2, 0.25) is 5.91 Å². The van der Waals surface area contributed by atoms with Crippen molar-refractivity contribution in [3.63, 3.8) is 0 Å². The molecule has 1 aliphatic carbocycles. The summed E-state index contributed by atoms with van der Waals surface area (Å²) >= 11 is 3.47. The van der Waals surface area contributed by atoms with Crippen LogP contribution in [0.2, 0.25) is 0 Å². The fraction of sp³-hybridized carbons (Fsp3) is 0.294. The first-order valence-corrected chi connectivity index (χ1v) is 8.23. The third-order valence-corrected chi connectivity index (χ3v) is 4.26. The molecule has 1 unspecified atom stereocenters. The minimum Gasteiger partial charge on any atom is -0.311 e. The Hall–Kier alpha value is -1.88. The molecule has 0 saturated heterocycles. The zero-order chi connectivity index (χ0) is 15.4. The molecule has 1 aromatic heterocycles. The van der Waals surface area contributed by atoms with Crippen LogP contribution in [0.25, 0.3) is 0 Å². The smallest absolute Gasteiger partial charge is 0.226 e. The highest BCUT2D eigenvalue weighted by atomic mass is 79.9. The third-order valence-electron chi connectivity index (χ3n) is 3.77. The zero-order valence-electron chi connectivity index (χ0n) is 12.2. The maximum atomic E-state index is 12.1. The predicted molar refractivity (Wildman–Crippen MR) is 90.6 cm³/mol. The second-order valence-electron chi connectivity index (χ2n) is 5.52. The van der Waals surface area contributed by atoms with Gasteiger partial charge in [-0.2, -0.15) is 5.10 Å². The molecular weight excluding hydrogens is 342 g/mol. The number of benzene rings is 1. The molecule has 3 rings (SSSR count). The lowest BCUT2D eigenvalue weighted by Gasteiger charge is -2.11. The highest BCUT2D eigenvalue weighted by Crippen LogP contribution is 2.21. The predicted octanol–water partition coefficient (Wildman–Crippen LogP) is 3.99. The molecule has 1 N–H and O–H groups in total. The maximum absolute atomic E-state index is 12.1. The van der Waals surface area contributed by atoms with Crippen LogP contribution in [0.3, 0.4) is 0 Å². The van der Waals surface area contributed by atoms with E-state index in [0.717, 1.165) is 28.7 Å². The van der Waals surface area contributed by atoms with Crippen LogP contribution in [-0.4, -0.2) is 15.7 Å². The van der Waals surface area contributed by atoms with Gasteiger partial charge in [0.1, 0.15) is 5.82 Å². The molecule has 1 heterocycles. The highest BCUT2D eigenvalue weighted by Gasteiger charge is 2.15. The van der Waals surface area contributed by atoms with E-state index in [1.165, 1.54) is 0 Å². The van der Waals surface area contributed by atoms with Gasteiger partial charge in [-0.1, -0.05) is 40.2 Å². The van der Waals surface area contributed by atoms with E-state index in [4.69, 9.17) is 0 Å². The van der Waals surface area contributed by atoms with Gasteiger partial charge in [-0.05, 0) is 36.5 Å². The molecule has 1 aliphatic rings. The minimum absolute atomic E-state index is 0.0487. The summed E-state index contributed by atoms with van der Waals surface area (Å²) in [4.78, 5) is 12.1. The molecule has 0 spiro atoms. The number of hydrogen-bond donors (Lipinski definition) is 1. The Morgan fingerprint density at radius 3 is 3.09 bits per heavy atom. The SMILES string of the molecule is O=C(CC1C=CCC1)Nc1ccnn1Cc1cccc(Br)c1. The van der Waals surface area contributed by atoms with Crippen molar-refractivity contribution in [3.05, 3.63) is 58.7 Å². The van der Waals surface area contributed by atoms with E-state index >= 15 is 0 Å². The van der Waals surface area contributed by atoms with Gasteiger partial charge in [-0.3, -0.25) is 4.79 Å². The van der Waals surface area contributed by atoms with E-state index in [-0.39, 0.29) is 5.91 Å². The minimum atomic E-state index is 0.0487. The summed E-state index contributed by atoms with van der Waals surface area (Å²) in [6.45, 7) is 0.630. The lowest BCUT2D eigenvalue weighted by atomic mass is 10.1. The summed E-state index contributed by atoms with van der Waals surface area (Å²) < 4.78 is 2.85. The van der Waals surface area contributed by atoms with Gasteiger partial charge in [-0.15, -0.1) is 0 Å². The zero-order valence-corrected chi connectivity index (χ0v) is 13.8. The standard InChI is InChI=1S/C17H18BrN3O/c18-15-7-3-6-14(10-15)12-21-16(8-9-19-21)20-17(22)11-13-4-1-2-5-13/h1,3-4,6-10,13H,2,5,11-12H2,(H,20,22). The van der Waals surface area contributed by atoms with Crippen LogP contribution < -0.4 is 5.32 Å². The number of aromatic nitrogens is 2. The number of anilines is 1. The molecule has 1 atom stereocenters. The molecule has 0 radical (unpaired) electrons. The van der Waals surface area contributed by atoms with E-state index in [0.29, 0.717) is 18.9 Å². The fourth-order valence-corrected chi connectivity index (χ4v) is 3.12. The Labute approximate surface area is 138 Å². The van der Waals surface area contributed by atoms with Crippen molar-refractivity contribution in [1.29, 1.82) is 0 Å². The quantitative estimate of drug-likeness (QED) is 0.820. The van der Waals surface area contributed by atoms with E-state index < -0.39 is 0 Å². The van der Waals surface area contributed by atoms with Crippen molar-refractivity contribution < 1.29 is 4.79 Å². The second-order valence-corrected chi connectivity index (χ2v) is 6.44. The van der Waals surface area contributed by atoms with Crippen molar-refractivity contribution in [2.24, 2.45) is 5.92 Å². The average Bonchev–Trinajstić information content (AvgIpc) is 3.12. The van der Waals surface area contributed by atoms with Crippen molar-refractivity contribution in [1.82, 2.24) is 9.78 Å². The lowest BCUT2D eigenvalue weighted by Crippen LogP contribution is -2.18. The van der Waals surface area contributed by atoms with Crippen LogP contribution in [0.5, 0.6) is 0 Å². The largest absolute Gasteiger partial charge is 0.311 e. The van der Waals surface area contributed by atoms with Crippen molar-refractivity contribution in [2.45, 2.75) is 25.8 Å². The topological polar surface area (TPSA) is 46.9 Å². The number of hydrogen-bond acceptors (Lipinski definition) is 2. The summed E-state index contributed by atoms with van der Waals surface area (Å²) in [5.74, 6) is 1.17. The first kappa shape index (κ1) is 15.0. The van der Waals surface area contributed by atoms with Gasteiger partial charge in [0.05, 0.1) is 12.7 Å². The normalized spacial score (nSPS) is 16.9. The summed E-state index contributed by atoms with van der Waals surface area (Å²) in [5.41, 5.74) is 1.13. The molecule has 4 nitrogen and oxygen atoms in total. The van der Waals surface area contributed by atoms with Crippen LogP contribution >= 0.6 is 15.9 Å². The molecule has 114 valence electrons. The van der Waals surface area contributed by atoms with E-state index in [2.05, 4.69) is 44.6 Å². The number of nitrogens with one attached hydrogen (secondary N) is 1. The van der Waals surface area contributed by atoms with Gasteiger partial charge in [0.25, 0.3) is 0 Å². The molecule has 0 saturated carbocycles. The Balaban J connectivity index is 1.64. The number of allylic oxidation sites excluding steroid dienone is 2. The van der Waals surface area contributed by atoms with Gasteiger partial charge in [0, 0.05) is 17.0 Å². The number of amides is 1. The van der Waals surface area contributed by atoms with Gasteiger partial charge in [-0.25, -0.2) is 4.68 Å². The second kappa shape index (κ2) is 6.92. The first-order valence-electron chi connectivity index (χ1n) is 7.43. The summed E-state index contributed by atoms with van der Waals surface area (Å²) in [6, 6.07) is 9.91. The number of carbonyl (C=O) groups excluding carboxylic acids is 1. The van der Waals surface area contributed by atoms with Crippen LogP contribution in [0, 0.1) is 5.92 Å². The van der Waals surface area contributed by atoms with Gasteiger partial charge < -0.3 is 5.32 Å². The summed E-state index contributed by atoms with van der Waals surface area (Å²) in [5, 5.41) is 7.27. The van der Waals surface area contributed by atoms with E-state index in [9.17, 15) is 4.79 Å². The van der Waals surface area contributed by atoms with Crippen LogP contribution in [0.15, 0.2) is 53.2 Å². The molecule has 0 fully saturated rings. The van der Waals surface area contributed by atoms with Crippen LogP contribution in [0.1, 0.15) is 24.8 Å². The lowest BCUT2D eigenvalue weighted by molar-refractivity contribution is -0.116. The number of halogens is 1. The maximum Gasteiger partial charge on any atom is 0.226 e. The molecule has 0 aliphatic heterocycles. The van der Waals surface area contributed by atoms with Crippen LogP contribution in [0.4, 0.5) is 5.82 Å². The average molecular weight is 360 g/mol. The first-order chi connectivity index (χ1) is 10.7. The van der Waals surface area contributed by atoms with Gasteiger partial charge >= 0.3 is 0 Å². The van der Waals surface area contributed by atoms with E-state index in [1.807, 2.05) is 28.9 Å². The van der Waals surface area contributed by atoms with Crippen molar-refractivity contribution in [2.75, 3.05) is 5.32 Å². The Morgan fingerprint density at radius 1 is 1.41 bits per heavy atom. The number of carbonyl (C=O) groups is 1. The Bertz CT molecular complexity index is 693. The number of rotatable bonds is 5. The van der Waals surface area contributed by atoms with Crippen LogP contribution in [-0.2, 0) is 11.3 Å². The third kappa shape index (κ3) is 3.85. The Kier molecular flexibility index (Phi) is 4.73. The van der Waals surface area contributed by atoms with Crippen molar-refractivity contribution >= 4 is 27.7 Å². The van der Waals surface area contributed by atoms with Crippen molar-refractivity contribution in [3.8, 4) is 0 Å². The molecule has 5 heteroatoms. The molecular formula is C17H18BrN3O. The summed E-state index contributed by atoms with van der Waals surface area (Å²) in [7, 11) is 0. The fourth-order valence-electron chi connectivity index (χ4n) is 2.67. The molecule has 1 amide bonds. The molecule has 2 aromatic rings. The molecule has 22 heavy (non-hydrogen) atoms. The molecule has 1 aromatic carbocycles. The monoisotopic (exact) mass is 359 g/mol. The number of nitrogens with zero attached hydrogens (tertiary/aromatic N) is 2. The summed E-state index contributed by atoms with van der Waals surface area (Å²) in [6.07, 6.45) is 8.69. The Morgan fingerprint density at radius 2 is 2.32 bits per heavy atom. The van der Waals surface area contributed by atoms with Gasteiger partial charge in [0.15, 0.2) is 0 Å². The molecule has 0 bridgehead atoms. The van der Waals surface area contributed by atoms with E-state index in [1.54, 1.807) is 6.20 Å².